The van der Waals surface area contributed by atoms with Gasteiger partial charge in [0.25, 0.3) is 5.91 Å². The Labute approximate surface area is 181 Å². The second kappa shape index (κ2) is 10.9. The maximum Gasteiger partial charge on any atom is 0.251 e. The van der Waals surface area contributed by atoms with Crippen molar-refractivity contribution in [1.82, 2.24) is 10.2 Å². The van der Waals surface area contributed by atoms with Gasteiger partial charge < -0.3 is 19.2 Å². The highest BCUT2D eigenvalue weighted by Gasteiger charge is 2.25. The zero-order valence-corrected chi connectivity index (χ0v) is 18.0. The van der Waals surface area contributed by atoms with E-state index in [-0.39, 0.29) is 11.9 Å². The van der Waals surface area contributed by atoms with E-state index in [1.54, 1.807) is 18.4 Å². The van der Waals surface area contributed by atoms with Crippen molar-refractivity contribution in [2.24, 2.45) is 0 Å². The van der Waals surface area contributed by atoms with Crippen molar-refractivity contribution < 1.29 is 18.7 Å². The summed E-state index contributed by atoms with van der Waals surface area (Å²) in [6.07, 6.45) is 3.56. The molecular formula is C21H26Cl2N2O4. The average Bonchev–Trinajstić information content (AvgIpc) is 3.25. The Bertz CT molecular complexity index is 769. The molecule has 1 fully saturated rings. The average molecular weight is 441 g/mol. The molecule has 0 spiro atoms. The SMILES string of the molecule is CCCCOc1c(Cl)cc(C(=O)NC[C@@H](c2ccco2)N2CCOCC2)cc1Cl. The van der Waals surface area contributed by atoms with Crippen molar-refractivity contribution in [2.75, 3.05) is 39.5 Å². The van der Waals surface area contributed by atoms with E-state index in [0.29, 0.717) is 47.7 Å². The third-order valence-corrected chi connectivity index (χ3v) is 5.38. The molecule has 8 heteroatoms. The summed E-state index contributed by atoms with van der Waals surface area (Å²) in [5.41, 5.74) is 0.392. The number of nitrogens with zero attached hydrogens (tertiary/aromatic N) is 1. The number of carbonyl (C=O) groups excluding carboxylic acids is 1. The van der Waals surface area contributed by atoms with Gasteiger partial charge in [-0.3, -0.25) is 9.69 Å². The van der Waals surface area contributed by atoms with Crippen LogP contribution >= 0.6 is 23.2 Å². The molecule has 1 amide bonds. The third-order valence-electron chi connectivity index (χ3n) is 4.82. The molecule has 1 aromatic heterocycles. The minimum absolute atomic E-state index is 0.0690. The lowest BCUT2D eigenvalue weighted by Crippen LogP contribution is -2.43. The smallest absolute Gasteiger partial charge is 0.251 e. The number of nitrogens with one attached hydrogen (secondary N) is 1. The van der Waals surface area contributed by atoms with Crippen LogP contribution in [0.3, 0.4) is 0 Å². The van der Waals surface area contributed by atoms with E-state index >= 15 is 0 Å². The number of furan rings is 1. The predicted octanol–water partition coefficient (Wildman–Crippen LogP) is 4.57. The first-order chi connectivity index (χ1) is 14.1. The summed E-state index contributed by atoms with van der Waals surface area (Å²) in [5, 5.41) is 3.63. The van der Waals surface area contributed by atoms with Crippen molar-refractivity contribution in [3.8, 4) is 5.75 Å². The number of hydrogen-bond acceptors (Lipinski definition) is 5. The van der Waals surface area contributed by atoms with E-state index in [0.717, 1.165) is 31.7 Å². The van der Waals surface area contributed by atoms with Crippen LogP contribution in [0.2, 0.25) is 10.0 Å². The predicted molar refractivity (Wildman–Crippen MR) is 113 cm³/mol. The van der Waals surface area contributed by atoms with Crippen molar-refractivity contribution in [1.29, 1.82) is 0 Å². The monoisotopic (exact) mass is 440 g/mol. The third kappa shape index (κ3) is 5.89. The molecule has 1 saturated heterocycles. The highest BCUT2D eigenvalue weighted by Crippen LogP contribution is 2.34. The molecule has 1 aromatic carbocycles. The molecule has 0 saturated carbocycles. The van der Waals surface area contributed by atoms with Crippen LogP contribution in [-0.2, 0) is 4.74 Å². The van der Waals surface area contributed by atoms with Crippen molar-refractivity contribution in [2.45, 2.75) is 25.8 Å². The number of benzene rings is 1. The summed E-state index contributed by atoms with van der Waals surface area (Å²) in [4.78, 5) is 15.0. The molecule has 0 bridgehead atoms. The Morgan fingerprint density at radius 3 is 2.62 bits per heavy atom. The fourth-order valence-corrected chi connectivity index (χ4v) is 3.81. The summed E-state index contributed by atoms with van der Waals surface area (Å²) >= 11 is 12.6. The van der Waals surface area contributed by atoms with Crippen molar-refractivity contribution in [3.63, 3.8) is 0 Å². The zero-order valence-electron chi connectivity index (χ0n) is 16.5. The Kier molecular flexibility index (Phi) is 8.24. The number of rotatable bonds is 9. The second-order valence-corrected chi connectivity index (χ2v) is 7.68. The van der Waals surface area contributed by atoms with E-state index in [4.69, 9.17) is 37.1 Å². The molecule has 0 aliphatic carbocycles. The van der Waals surface area contributed by atoms with Crippen LogP contribution in [0.25, 0.3) is 0 Å². The molecule has 1 atom stereocenters. The standard InChI is InChI=1S/C21H26Cl2N2O4/c1-2-3-8-29-20-16(22)12-15(13-17(20)23)21(26)24-14-18(19-5-4-9-28-19)25-6-10-27-11-7-25/h4-5,9,12-13,18H,2-3,6-8,10-11,14H2,1H3,(H,24,26)/t18-/m0/s1. The largest absolute Gasteiger partial charge is 0.490 e. The van der Waals surface area contributed by atoms with Crippen LogP contribution in [0.15, 0.2) is 34.9 Å². The van der Waals surface area contributed by atoms with Gasteiger partial charge in [0.2, 0.25) is 0 Å². The van der Waals surface area contributed by atoms with Gasteiger partial charge in [0.15, 0.2) is 5.75 Å². The van der Waals surface area contributed by atoms with Crippen LogP contribution in [-0.4, -0.2) is 50.3 Å². The summed E-state index contributed by atoms with van der Waals surface area (Å²) in [6, 6.07) is 6.87. The fraction of sp³-hybridized carbons (Fsp3) is 0.476. The number of ether oxygens (including phenoxy) is 2. The minimum atomic E-state index is -0.251. The maximum atomic E-state index is 12.7. The number of hydrogen-bond donors (Lipinski definition) is 1. The van der Waals surface area contributed by atoms with Crippen molar-refractivity contribution in [3.05, 3.63) is 51.9 Å². The summed E-state index contributed by atoms with van der Waals surface area (Å²) in [6.45, 7) is 5.90. The maximum absolute atomic E-state index is 12.7. The summed E-state index contributed by atoms with van der Waals surface area (Å²) < 4.78 is 16.7. The van der Waals surface area contributed by atoms with E-state index in [2.05, 4.69) is 17.1 Å². The topological polar surface area (TPSA) is 63.9 Å². The van der Waals surface area contributed by atoms with E-state index in [1.165, 1.54) is 0 Å². The van der Waals surface area contributed by atoms with Crippen LogP contribution in [0, 0.1) is 0 Å². The molecule has 29 heavy (non-hydrogen) atoms. The number of carbonyl (C=O) groups is 1. The molecule has 0 radical (unpaired) electrons. The Morgan fingerprint density at radius 2 is 2.00 bits per heavy atom. The molecular weight excluding hydrogens is 415 g/mol. The first kappa shape index (κ1) is 22.0. The lowest BCUT2D eigenvalue weighted by Gasteiger charge is -2.33. The molecule has 1 aliphatic rings. The van der Waals surface area contributed by atoms with Gasteiger partial charge in [0, 0.05) is 25.2 Å². The van der Waals surface area contributed by atoms with Gasteiger partial charge >= 0.3 is 0 Å². The molecule has 3 rings (SSSR count). The highest BCUT2D eigenvalue weighted by atomic mass is 35.5. The Balaban J connectivity index is 1.66. The van der Waals surface area contributed by atoms with Gasteiger partial charge in [0.05, 0.1) is 42.2 Å². The first-order valence-corrected chi connectivity index (χ1v) is 10.6. The molecule has 1 N–H and O–H groups in total. The Hall–Kier alpha value is -1.73. The van der Waals surface area contributed by atoms with Gasteiger partial charge in [-0.2, -0.15) is 0 Å². The highest BCUT2D eigenvalue weighted by molar-refractivity contribution is 6.37. The first-order valence-electron chi connectivity index (χ1n) is 9.85. The van der Waals surface area contributed by atoms with Gasteiger partial charge in [-0.25, -0.2) is 0 Å². The van der Waals surface area contributed by atoms with Crippen LogP contribution in [0.1, 0.15) is 41.9 Å². The van der Waals surface area contributed by atoms with E-state index < -0.39 is 0 Å². The normalized spacial score (nSPS) is 15.8. The molecule has 1 aliphatic heterocycles. The van der Waals surface area contributed by atoms with Gasteiger partial charge in [-0.15, -0.1) is 0 Å². The molecule has 2 heterocycles. The van der Waals surface area contributed by atoms with Gasteiger partial charge in [0.1, 0.15) is 5.76 Å². The van der Waals surface area contributed by atoms with E-state index in [9.17, 15) is 4.79 Å². The zero-order chi connectivity index (χ0) is 20.6. The van der Waals surface area contributed by atoms with Crippen LogP contribution in [0.4, 0.5) is 0 Å². The summed E-state index contributed by atoms with van der Waals surface area (Å²) in [7, 11) is 0. The quantitative estimate of drug-likeness (QED) is 0.578. The molecule has 6 nitrogen and oxygen atoms in total. The number of amides is 1. The minimum Gasteiger partial charge on any atom is -0.490 e. The second-order valence-electron chi connectivity index (χ2n) is 6.86. The molecule has 2 aromatic rings. The van der Waals surface area contributed by atoms with Crippen LogP contribution < -0.4 is 10.1 Å². The summed E-state index contributed by atoms with van der Waals surface area (Å²) in [5.74, 6) is 0.974. The van der Waals surface area contributed by atoms with Crippen molar-refractivity contribution >= 4 is 29.1 Å². The van der Waals surface area contributed by atoms with Gasteiger partial charge in [-0.1, -0.05) is 36.5 Å². The number of halogens is 2. The number of unbranched alkanes of at least 4 members (excludes halogenated alkanes) is 1. The fourth-order valence-electron chi connectivity index (χ4n) is 3.22. The molecule has 158 valence electrons. The number of morpholine rings is 1. The molecule has 0 unspecified atom stereocenters. The lowest BCUT2D eigenvalue weighted by molar-refractivity contribution is 0.0118. The lowest BCUT2D eigenvalue weighted by atomic mass is 10.1. The van der Waals surface area contributed by atoms with E-state index in [1.807, 2.05) is 12.1 Å². The van der Waals surface area contributed by atoms with Gasteiger partial charge in [-0.05, 0) is 30.7 Å². The van der Waals surface area contributed by atoms with Crippen LogP contribution in [0.5, 0.6) is 5.75 Å². The Morgan fingerprint density at radius 1 is 1.28 bits per heavy atom.